The van der Waals surface area contributed by atoms with E-state index in [1.165, 1.54) is 0 Å². The summed E-state index contributed by atoms with van der Waals surface area (Å²) in [4.78, 5) is 9.24. The van der Waals surface area contributed by atoms with Gasteiger partial charge in [0.05, 0.1) is 5.69 Å². The second-order valence-electron chi connectivity index (χ2n) is 5.26. The largest absolute Gasteiger partial charge is 0.432 e. The van der Waals surface area contributed by atoms with Crippen LogP contribution in [0.3, 0.4) is 0 Å². The van der Waals surface area contributed by atoms with E-state index in [1.807, 2.05) is 0 Å². The summed E-state index contributed by atoms with van der Waals surface area (Å²) in [5.41, 5.74) is 0.987. The molecule has 0 spiro atoms. The molecule has 0 saturated heterocycles. The Morgan fingerprint density at radius 1 is 1.10 bits per heavy atom. The number of hydrogen-bond acceptors (Lipinski definition) is 5. The summed E-state index contributed by atoms with van der Waals surface area (Å²) in [5, 5.41) is 3.35. The van der Waals surface area contributed by atoms with Crippen LogP contribution in [-0.2, 0) is 6.54 Å². The standard InChI is InChI=1S/C16H32N4O/c1-5-10-17-13-15-14-21-16(18-15)20(8-4)12-9-11-19(6-2)7-3/h14,17H,5-13H2,1-4H3. The third-order valence-electron chi connectivity index (χ3n) is 3.72. The minimum atomic E-state index is 0.755. The van der Waals surface area contributed by atoms with Crippen molar-refractivity contribution in [3.05, 3.63) is 12.0 Å². The van der Waals surface area contributed by atoms with E-state index in [1.54, 1.807) is 6.26 Å². The lowest BCUT2D eigenvalue weighted by Crippen LogP contribution is -2.30. The van der Waals surface area contributed by atoms with Crippen molar-refractivity contribution in [2.45, 2.75) is 47.1 Å². The second kappa shape index (κ2) is 10.6. The zero-order valence-electron chi connectivity index (χ0n) is 14.2. The lowest BCUT2D eigenvalue weighted by atomic mass is 10.3. The molecule has 1 heterocycles. The van der Waals surface area contributed by atoms with E-state index in [2.05, 4.69) is 47.8 Å². The summed E-state index contributed by atoms with van der Waals surface area (Å²) in [6.07, 6.45) is 4.05. The van der Waals surface area contributed by atoms with Crippen molar-refractivity contribution >= 4 is 6.01 Å². The number of nitrogens with one attached hydrogen (secondary N) is 1. The third kappa shape index (κ3) is 6.48. The van der Waals surface area contributed by atoms with Crippen LogP contribution >= 0.6 is 0 Å². The molecule has 1 aromatic rings. The summed E-state index contributed by atoms with van der Waals surface area (Å²) in [6.45, 7) is 15.8. The molecule has 5 heteroatoms. The highest BCUT2D eigenvalue weighted by molar-refractivity contribution is 5.26. The lowest BCUT2D eigenvalue weighted by molar-refractivity contribution is 0.300. The van der Waals surface area contributed by atoms with E-state index in [0.29, 0.717) is 0 Å². The maximum absolute atomic E-state index is 5.62. The van der Waals surface area contributed by atoms with Gasteiger partial charge in [0.2, 0.25) is 0 Å². The molecule has 1 N–H and O–H groups in total. The summed E-state index contributed by atoms with van der Waals surface area (Å²) < 4.78 is 5.62. The normalized spacial score (nSPS) is 11.3. The van der Waals surface area contributed by atoms with Gasteiger partial charge in [-0.1, -0.05) is 20.8 Å². The van der Waals surface area contributed by atoms with E-state index in [9.17, 15) is 0 Å². The molecule has 0 aliphatic heterocycles. The third-order valence-corrected chi connectivity index (χ3v) is 3.72. The minimum absolute atomic E-state index is 0.755. The van der Waals surface area contributed by atoms with Crippen LogP contribution in [0.1, 0.15) is 46.2 Å². The molecule has 0 atom stereocenters. The average Bonchev–Trinajstić information content (AvgIpc) is 2.96. The smallest absolute Gasteiger partial charge is 0.297 e. The Balaban J connectivity index is 2.41. The first-order valence-electron chi connectivity index (χ1n) is 8.37. The molecule has 5 nitrogen and oxygen atoms in total. The average molecular weight is 296 g/mol. The highest BCUT2D eigenvalue weighted by atomic mass is 16.4. The fourth-order valence-electron chi connectivity index (χ4n) is 2.33. The number of hydrogen-bond donors (Lipinski definition) is 1. The van der Waals surface area contributed by atoms with Gasteiger partial charge in [-0.3, -0.25) is 0 Å². The van der Waals surface area contributed by atoms with Crippen LogP contribution in [0, 0.1) is 0 Å². The highest BCUT2D eigenvalue weighted by Crippen LogP contribution is 2.14. The molecule has 0 aliphatic rings. The lowest BCUT2D eigenvalue weighted by Gasteiger charge is -2.22. The van der Waals surface area contributed by atoms with Crippen LogP contribution in [0.5, 0.6) is 0 Å². The molecule has 1 aromatic heterocycles. The van der Waals surface area contributed by atoms with Gasteiger partial charge in [-0.05, 0) is 45.9 Å². The van der Waals surface area contributed by atoms with Crippen molar-refractivity contribution in [1.82, 2.24) is 15.2 Å². The predicted molar refractivity (Wildman–Crippen MR) is 88.8 cm³/mol. The summed E-state index contributed by atoms with van der Waals surface area (Å²) >= 11 is 0. The summed E-state index contributed by atoms with van der Waals surface area (Å²) in [6, 6.07) is 0.755. The zero-order chi connectivity index (χ0) is 15.5. The fourth-order valence-corrected chi connectivity index (χ4v) is 2.33. The van der Waals surface area contributed by atoms with Crippen molar-refractivity contribution in [3.8, 4) is 0 Å². The SMILES string of the molecule is CCCNCc1coc(N(CC)CCCN(CC)CC)n1. The molecular formula is C16H32N4O. The molecule has 0 amide bonds. The quantitative estimate of drug-likeness (QED) is 0.601. The number of aromatic nitrogens is 1. The molecule has 21 heavy (non-hydrogen) atoms. The number of rotatable bonds is 12. The van der Waals surface area contributed by atoms with Crippen LogP contribution in [0.4, 0.5) is 6.01 Å². The Morgan fingerprint density at radius 2 is 1.86 bits per heavy atom. The maximum Gasteiger partial charge on any atom is 0.297 e. The van der Waals surface area contributed by atoms with Gasteiger partial charge in [-0.25, -0.2) is 0 Å². The second-order valence-corrected chi connectivity index (χ2v) is 5.26. The van der Waals surface area contributed by atoms with Gasteiger partial charge < -0.3 is 19.5 Å². The zero-order valence-corrected chi connectivity index (χ0v) is 14.2. The predicted octanol–water partition coefficient (Wildman–Crippen LogP) is 2.73. The van der Waals surface area contributed by atoms with Crippen molar-refractivity contribution < 1.29 is 4.42 Å². The molecule has 0 aromatic carbocycles. The van der Waals surface area contributed by atoms with Gasteiger partial charge >= 0.3 is 0 Å². The Kier molecular flexibility index (Phi) is 9.10. The summed E-state index contributed by atoms with van der Waals surface area (Å²) in [7, 11) is 0. The van der Waals surface area contributed by atoms with Crippen molar-refractivity contribution in [2.24, 2.45) is 0 Å². The van der Waals surface area contributed by atoms with Crippen LogP contribution in [0.2, 0.25) is 0 Å². The van der Waals surface area contributed by atoms with E-state index < -0.39 is 0 Å². The van der Waals surface area contributed by atoms with E-state index in [-0.39, 0.29) is 0 Å². The molecule has 0 bridgehead atoms. The van der Waals surface area contributed by atoms with Gasteiger partial charge in [0.25, 0.3) is 6.01 Å². The van der Waals surface area contributed by atoms with Crippen LogP contribution < -0.4 is 10.2 Å². The Labute approximate surface area is 129 Å². The monoisotopic (exact) mass is 296 g/mol. The molecule has 0 radical (unpaired) electrons. The molecule has 0 saturated carbocycles. The van der Waals surface area contributed by atoms with Crippen molar-refractivity contribution in [2.75, 3.05) is 44.2 Å². The molecule has 0 fully saturated rings. The molecular weight excluding hydrogens is 264 g/mol. The van der Waals surface area contributed by atoms with Crippen molar-refractivity contribution in [1.29, 1.82) is 0 Å². The minimum Gasteiger partial charge on any atom is -0.432 e. The number of oxazole rings is 1. The van der Waals surface area contributed by atoms with Crippen LogP contribution in [0.25, 0.3) is 0 Å². The van der Waals surface area contributed by atoms with Crippen LogP contribution in [-0.4, -0.2) is 49.2 Å². The Bertz CT molecular complexity index is 363. The highest BCUT2D eigenvalue weighted by Gasteiger charge is 2.11. The topological polar surface area (TPSA) is 44.5 Å². The van der Waals surface area contributed by atoms with Crippen LogP contribution in [0.15, 0.2) is 10.7 Å². The van der Waals surface area contributed by atoms with Gasteiger partial charge in [0.1, 0.15) is 6.26 Å². The number of anilines is 1. The van der Waals surface area contributed by atoms with E-state index >= 15 is 0 Å². The van der Waals surface area contributed by atoms with E-state index in [0.717, 1.165) is 70.4 Å². The first-order valence-corrected chi connectivity index (χ1v) is 8.37. The first kappa shape index (κ1) is 18.0. The fraction of sp³-hybridized carbons (Fsp3) is 0.812. The molecule has 1 rings (SSSR count). The number of nitrogens with zero attached hydrogens (tertiary/aromatic N) is 3. The molecule has 0 aliphatic carbocycles. The van der Waals surface area contributed by atoms with E-state index in [4.69, 9.17) is 4.42 Å². The molecule has 0 unspecified atom stereocenters. The summed E-state index contributed by atoms with van der Waals surface area (Å²) in [5.74, 6) is 0. The van der Waals surface area contributed by atoms with Gasteiger partial charge in [0, 0.05) is 19.6 Å². The van der Waals surface area contributed by atoms with Gasteiger partial charge in [-0.15, -0.1) is 0 Å². The van der Waals surface area contributed by atoms with Crippen molar-refractivity contribution in [3.63, 3.8) is 0 Å². The van der Waals surface area contributed by atoms with Gasteiger partial charge in [-0.2, -0.15) is 4.98 Å². The molecule has 122 valence electrons. The Morgan fingerprint density at radius 3 is 2.48 bits per heavy atom. The first-order chi connectivity index (χ1) is 10.2. The maximum atomic E-state index is 5.62. The Hall–Kier alpha value is -1.07. The van der Waals surface area contributed by atoms with Gasteiger partial charge in [0.15, 0.2) is 0 Å².